The molecular weight excluding hydrogens is 273 g/mol. The van der Waals surface area contributed by atoms with Gasteiger partial charge in [0.25, 0.3) is 0 Å². The molecule has 0 saturated heterocycles. The number of hydrogen-bond donors (Lipinski definition) is 1. The summed E-state index contributed by atoms with van der Waals surface area (Å²) in [4.78, 5) is 2.32. The molecule has 0 saturated carbocycles. The molecule has 0 fully saturated rings. The molecule has 2 nitrogen and oxygen atoms in total. The minimum absolute atomic E-state index is 0.105. The summed E-state index contributed by atoms with van der Waals surface area (Å²) < 4.78 is 18.7. The minimum Gasteiger partial charge on any atom is -0.494 e. The molecule has 1 aromatic carbocycles. The third kappa shape index (κ3) is 3.02. The zero-order chi connectivity index (χ0) is 14.9. The molecule has 0 aliphatic carbocycles. The van der Waals surface area contributed by atoms with Crippen LogP contribution in [0.2, 0.25) is 0 Å². The summed E-state index contributed by atoms with van der Waals surface area (Å²) in [5.74, 6) is -0.143. The molecule has 2 N–H and O–H groups in total. The molecule has 2 rings (SSSR count). The van der Waals surface area contributed by atoms with Crippen LogP contribution in [0.15, 0.2) is 30.3 Å². The average Bonchev–Trinajstić information content (AvgIpc) is 2.87. The molecule has 0 radical (unpaired) electrons. The van der Waals surface area contributed by atoms with Crippen LogP contribution >= 0.6 is 11.3 Å². The van der Waals surface area contributed by atoms with Crippen molar-refractivity contribution in [1.29, 1.82) is 0 Å². The van der Waals surface area contributed by atoms with Gasteiger partial charge in [-0.05, 0) is 35.2 Å². The molecular formula is C16H20FNOS. The van der Waals surface area contributed by atoms with Crippen molar-refractivity contribution in [1.82, 2.24) is 0 Å². The van der Waals surface area contributed by atoms with E-state index in [-0.39, 0.29) is 23.0 Å². The summed E-state index contributed by atoms with van der Waals surface area (Å²) in [5.41, 5.74) is 7.10. The van der Waals surface area contributed by atoms with Gasteiger partial charge in [0.05, 0.1) is 13.2 Å². The Morgan fingerprint density at radius 2 is 1.90 bits per heavy atom. The van der Waals surface area contributed by atoms with Crippen LogP contribution < -0.4 is 10.5 Å². The predicted molar refractivity (Wildman–Crippen MR) is 82.0 cm³/mol. The lowest BCUT2D eigenvalue weighted by Crippen LogP contribution is -2.11. The second-order valence-corrected chi connectivity index (χ2v) is 6.94. The molecule has 0 aliphatic rings. The monoisotopic (exact) mass is 293 g/mol. The van der Waals surface area contributed by atoms with Crippen LogP contribution in [0.4, 0.5) is 4.39 Å². The van der Waals surface area contributed by atoms with Gasteiger partial charge in [0.2, 0.25) is 0 Å². The number of nitrogens with two attached hydrogens (primary N) is 1. The third-order valence-corrected chi connectivity index (χ3v) is 4.80. The highest BCUT2D eigenvalue weighted by Gasteiger charge is 2.19. The summed E-state index contributed by atoms with van der Waals surface area (Å²) in [5, 5.41) is 0. The molecule has 1 atom stereocenters. The van der Waals surface area contributed by atoms with E-state index in [0.29, 0.717) is 0 Å². The van der Waals surface area contributed by atoms with Gasteiger partial charge in [0.15, 0.2) is 11.6 Å². The fourth-order valence-corrected chi connectivity index (χ4v) is 3.06. The van der Waals surface area contributed by atoms with Gasteiger partial charge < -0.3 is 10.5 Å². The highest BCUT2D eigenvalue weighted by molar-refractivity contribution is 7.12. The predicted octanol–water partition coefficient (Wildman–Crippen LogP) is 4.24. The van der Waals surface area contributed by atoms with Crippen molar-refractivity contribution < 1.29 is 9.13 Å². The Morgan fingerprint density at radius 1 is 1.20 bits per heavy atom. The van der Waals surface area contributed by atoms with Crippen molar-refractivity contribution in [2.24, 2.45) is 5.73 Å². The van der Waals surface area contributed by atoms with Crippen LogP contribution in [-0.2, 0) is 5.41 Å². The third-order valence-electron chi connectivity index (χ3n) is 3.21. The highest BCUT2D eigenvalue weighted by atomic mass is 32.1. The first-order valence-electron chi connectivity index (χ1n) is 6.52. The van der Waals surface area contributed by atoms with E-state index in [1.165, 1.54) is 18.1 Å². The quantitative estimate of drug-likeness (QED) is 0.918. The van der Waals surface area contributed by atoms with Crippen molar-refractivity contribution in [3.8, 4) is 5.75 Å². The first-order chi connectivity index (χ1) is 9.32. The molecule has 4 heteroatoms. The summed E-state index contributed by atoms with van der Waals surface area (Å²) in [6, 6.07) is 8.68. The van der Waals surface area contributed by atoms with Gasteiger partial charge in [-0.15, -0.1) is 11.3 Å². The van der Waals surface area contributed by atoms with Crippen LogP contribution in [-0.4, -0.2) is 7.11 Å². The molecule has 1 heterocycles. The standard InChI is InChI=1S/C16H20FNOS/c1-16(2,3)14-8-7-13(20-14)15(18)10-5-6-12(19-4)11(17)9-10/h5-9,15H,18H2,1-4H3. The SMILES string of the molecule is COc1ccc(C(N)c2ccc(C(C)(C)C)s2)cc1F. The Hall–Kier alpha value is -1.39. The zero-order valence-electron chi connectivity index (χ0n) is 12.2. The Balaban J connectivity index is 2.29. The van der Waals surface area contributed by atoms with Gasteiger partial charge in [-0.1, -0.05) is 26.8 Å². The number of ether oxygens (including phenoxy) is 1. The van der Waals surface area contributed by atoms with Gasteiger partial charge >= 0.3 is 0 Å². The minimum atomic E-state index is -0.381. The van der Waals surface area contributed by atoms with Crippen LogP contribution in [0.25, 0.3) is 0 Å². The molecule has 0 aliphatic heterocycles. The fraction of sp³-hybridized carbons (Fsp3) is 0.375. The second-order valence-electron chi connectivity index (χ2n) is 5.82. The summed E-state index contributed by atoms with van der Waals surface area (Å²) in [6.07, 6.45) is 0. The first kappa shape index (κ1) is 15.0. The van der Waals surface area contributed by atoms with Gasteiger partial charge in [-0.3, -0.25) is 0 Å². The van der Waals surface area contributed by atoms with Crippen LogP contribution in [0.1, 0.15) is 42.1 Å². The fourth-order valence-electron chi connectivity index (χ4n) is 1.96. The maximum atomic E-state index is 13.7. The van der Waals surface area contributed by atoms with Crippen LogP contribution in [0.3, 0.4) is 0 Å². The first-order valence-corrected chi connectivity index (χ1v) is 7.34. The Kier molecular flexibility index (Phi) is 4.16. The van der Waals surface area contributed by atoms with Crippen molar-refractivity contribution in [2.75, 3.05) is 7.11 Å². The molecule has 0 spiro atoms. The lowest BCUT2D eigenvalue weighted by atomic mass is 9.95. The van der Waals surface area contributed by atoms with Crippen molar-refractivity contribution in [3.63, 3.8) is 0 Å². The molecule has 0 amide bonds. The Morgan fingerprint density at radius 3 is 2.40 bits per heavy atom. The van der Waals surface area contributed by atoms with Crippen LogP contribution in [0, 0.1) is 5.82 Å². The smallest absolute Gasteiger partial charge is 0.165 e. The maximum absolute atomic E-state index is 13.7. The van der Waals surface area contributed by atoms with E-state index in [1.807, 2.05) is 12.1 Å². The van der Waals surface area contributed by atoms with E-state index >= 15 is 0 Å². The zero-order valence-corrected chi connectivity index (χ0v) is 13.1. The number of hydrogen-bond acceptors (Lipinski definition) is 3. The molecule has 1 unspecified atom stereocenters. The van der Waals surface area contributed by atoms with Gasteiger partial charge in [0.1, 0.15) is 0 Å². The average molecular weight is 293 g/mol. The number of halogens is 1. The maximum Gasteiger partial charge on any atom is 0.165 e. The lowest BCUT2D eigenvalue weighted by molar-refractivity contribution is 0.386. The molecule has 0 bridgehead atoms. The summed E-state index contributed by atoms with van der Waals surface area (Å²) in [7, 11) is 1.45. The summed E-state index contributed by atoms with van der Waals surface area (Å²) in [6.45, 7) is 6.50. The lowest BCUT2D eigenvalue weighted by Gasteiger charge is -2.16. The number of methoxy groups -OCH3 is 1. The molecule has 2 aromatic rings. The number of rotatable bonds is 3. The van der Waals surface area contributed by atoms with E-state index in [9.17, 15) is 4.39 Å². The largest absolute Gasteiger partial charge is 0.494 e. The van der Waals surface area contributed by atoms with E-state index in [4.69, 9.17) is 10.5 Å². The highest BCUT2D eigenvalue weighted by Crippen LogP contribution is 2.34. The van der Waals surface area contributed by atoms with Crippen molar-refractivity contribution in [2.45, 2.75) is 32.2 Å². The Labute approximate surface area is 123 Å². The Bertz CT molecular complexity index is 601. The van der Waals surface area contributed by atoms with Gasteiger partial charge in [-0.2, -0.15) is 0 Å². The molecule has 108 valence electrons. The van der Waals surface area contributed by atoms with E-state index < -0.39 is 0 Å². The van der Waals surface area contributed by atoms with Crippen LogP contribution in [0.5, 0.6) is 5.75 Å². The summed E-state index contributed by atoms with van der Waals surface area (Å²) >= 11 is 1.68. The van der Waals surface area contributed by atoms with Crippen molar-refractivity contribution >= 4 is 11.3 Å². The van der Waals surface area contributed by atoms with Crippen molar-refractivity contribution in [3.05, 3.63) is 51.5 Å². The second kappa shape index (κ2) is 5.54. The topological polar surface area (TPSA) is 35.2 Å². The molecule has 1 aromatic heterocycles. The van der Waals surface area contributed by atoms with E-state index in [0.717, 1.165) is 10.4 Å². The van der Waals surface area contributed by atoms with E-state index in [1.54, 1.807) is 17.4 Å². The van der Waals surface area contributed by atoms with Gasteiger partial charge in [0, 0.05) is 9.75 Å². The number of thiophene rings is 1. The van der Waals surface area contributed by atoms with Gasteiger partial charge in [-0.25, -0.2) is 4.39 Å². The molecule has 20 heavy (non-hydrogen) atoms. The normalized spacial score (nSPS) is 13.3. The van der Waals surface area contributed by atoms with E-state index in [2.05, 4.69) is 26.8 Å². The number of benzene rings is 1.